The van der Waals surface area contributed by atoms with Crippen LogP contribution in [0.5, 0.6) is 0 Å². The van der Waals surface area contributed by atoms with Crippen LogP contribution in [0.25, 0.3) is 5.69 Å². The molecule has 1 unspecified atom stereocenters. The number of nitrogens with one attached hydrogen (secondary N) is 1. The highest BCUT2D eigenvalue weighted by Gasteiger charge is 2.21. The Morgan fingerprint density at radius 2 is 2.17 bits per heavy atom. The van der Waals surface area contributed by atoms with Crippen LogP contribution < -0.4 is 5.32 Å². The summed E-state index contributed by atoms with van der Waals surface area (Å²) in [5.74, 6) is -0.116. The number of aliphatic hydroxyl groups is 1. The van der Waals surface area contributed by atoms with Gasteiger partial charge in [-0.05, 0) is 30.5 Å². The predicted molar refractivity (Wildman–Crippen MR) is 95.9 cm³/mol. The van der Waals surface area contributed by atoms with E-state index in [1.807, 2.05) is 39.0 Å². The van der Waals surface area contributed by atoms with Crippen molar-refractivity contribution in [2.75, 3.05) is 6.54 Å². The Labute approximate surface area is 147 Å². The van der Waals surface area contributed by atoms with Gasteiger partial charge in [-0.1, -0.05) is 44.9 Å². The summed E-state index contributed by atoms with van der Waals surface area (Å²) in [5, 5.41) is 17.6. The van der Waals surface area contributed by atoms with Crippen LogP contribution >= 0.6 is 11.6 Å². The molecule has 24 heavy (non-hydrogen) atoms. The summed E-state index contributed by atoms with van der Waals surface area (Å²) in [7, 11) is 0. The van der Waals surface area contributed by atoms with Gasteiger partial charge in [0.15, 0.2) is 0 Å². The van der Waals surface area contributed by atoms with Crippen LogP contribution in [0.3, 0.4) is 0 Å². The molecule has 1 aromatic heterocycles. The highest BCUT2D eigenvalue weighted by atomic mass is 35.5. The Hall–Kier alpha value is -1.85. The fraction of sp³-hybridized carbons (Fsp3) is 0.444. The molecule has 0 fully saturated rings. The minimum Gasteiger partial charge on any atom is -0.391 e. The zero-order chi connectivity index (χ0) is 17.7. The monoisotopic (exact) mass is 349 g/mol. The van der Waals surface area contributed by atoms with Gasteiger partial charge in [-0.15, -0.1) is 0 Å². The molecule has 2 N–H and O–H groups in total. The lowest BCUT2D eigenvalue weighted by Crippen LogP contribution is -2.32. The second-order valence-electron chi connectivity index (χ2n) is 6.14. The fourth-order valence-electron chi connectivity index (χ4n) is 2.64. The van der Waals surface area contributed by atoms with E-state index in [-0.39, 0.29) is 18.4 Å². The summed E-state index contributed by atoms with van der Waals surface area (Å²) >= 11 is 6.06. The standard InChI is InChI=1S/C18H24ClN3O2/c1-4-6-15(23)10-20-18(24)16-11-21-22(17(16)12(2)3)14-8-5-7-13(19)9-14/h5,7-9,11-12,15,23H,4,6,10H2,1-3H3,(H,20,24). The molecule has 2 rings (SSSR count). The first-order valence-corrected chi connectivity index (χ1v) is 8.62. The first-order chi connectivity index (χ1) is 11.4. The number of aliphatic hydroxyl groups excluding tert-OH is 1. The molecule has 0 bridgehead atoms. The van der Waals surface area contributed by atoms with Crippen molar-refractivity contribution < 1.29 is 9.90 Å². The summed E-state index contributed by atoms with van der Waals surface area (Å²) < 4.78 is 1.74. The lowest BCUT2D eigenvalue weighted by molar-refractivity contribution is 0.0909. The maximum Gasteiger partial charge on any atom is 0.254 e. The van der Waals surface area contributed by atoms with Crippen molar-refractivity contribution in [2.45, 2.75) is 45.6 Å². The molecule has 1 heterocycles. The number of benzene rings is 1. The normalized spacial score (nSPS) is 12.4. The lowest BCUT2D eigenvalue weighted by atomic mass is 10.0. The molecular formula is C18H24ClN3O2. The number of hydrogen-bond acceptors (Lipinski definition) is 3. The summed E-state index contributed by atoms with van der Waals surface area (Å²) in [6.45, 7) is 6.27. The molecule has 0 spiro atoms. The molecule has 2 aromatic rings. The van der Waals surface area contributed by atoms with E-state index in [9.17, 15) is 9.90 Å². The van der Waals surface area contributed by atoms with Crippen molar-refractivity contribution >= 4 is 17.5 Å². The molecule has 130 valence electrons. The van der Waals surface area contributed by atoms with E-state index in [4.69, 9.17) is 11.6 Å². The molecule has 1 atom stereocenters. The van der Waals surface area contributed by atoms with Crippen LogP contribution in [-0.2, 0) is 0 Å². The van der Waals surface area contributed by atoms with Crippen LogP contribution in [0.2, 0.25) is 5.02 Å². The highest BCUT2D eigenvalue weighted by molar-refractivity contribution is 6.30. The molecule has 6 heteroatoms. The molecular weight excluding hydrogens is 326 g/mol. The number of aromatic nitrogens is 2. The maximum absolute atomic E-state index is 12.5. The van der Waals surface area contributed by atoms with Crippen molar-refractivity contribution in [3.63, 3.8) is 0 Å². The van der Waals surface area contributed by atoms with Gasteiger partial charge in [0.25, 0.3) is 5.91 Å². The fourth-order valence-corrected chi connectivity index (χ4v) is 2.83. The average molecular weight is 350 g/mol. The van der Waals surface area contributed by atoms with E-state index in [1.54, 1.807) is 16.9 Å². The Morgan fingerprint density at radius 1 is 1.42 bits per heavy atom. The predicted octanol–water partition coefficient (Wildman–Crippen LogP) is 3.54. The SMILES string of the molecule is CCCC(O)CNC(=O)c1cnn(-c2cccc(Cl)c2)c1C(C)C. The van der Waals surface area contributed by atoms with Crippen molar-refractivity contribution in [3.05, 3.63) is 46.7 Å². The topological polar surface area (TPSA) is 67.2 Å². The van der Waals surface area contributed by atoms with Crippen molar-refractivity contribution in [1.82, 2.24) is 15.1 Å². The molecule has 5 nitrogen and oxygen atoms in total. The van der Waals surface area contributed by atoms with E-state index < -0.39 is 6.10 Å². The Kier molecular flexibility index (Phi) is 6.40. The molecule has 0 saturated heterocycles. The van der Waals surface area contributed by atoms with Crippen molar-refractivity contribution in [1.29, 1.82) is 0 Å². The number of amides is 1. The lowest BCUT2D eigenvalue weighted by Gasteiger charge is -2.14. The Morgan fingerprint density at radius 3 is 2.79 bits per heavy atom. The number of hydrogen-bond donors (Lipinski definition) is 2. The Bertz CT molecular complexity index is 697. The third-order valence-electron chi connectivity index (χ3n) is 3.77. The third-order valence-corrected chi connectivity index (χ3v) is 4.01. The number of nitrogens with zero attached hydrogens (tertiary/aromatic N) is 2. The number of carbonyl (C=O) groups excluding carboxylic acids is 1. The van der Waals surface area contributed by atoms with E-state index in [0.29, 0.717) is 17.0 Å². The number of rotatable bonds is 7. The van der Waals surface area contributed by atoms with Crippen molar-refractivity contribution in [3.8, 4) is 5.69 Å². The molecule has 0 saturated carbocycles. The van der Waals surface area contributed by atoms with Gasteiger partial charge in [-0.25, -0.2) is 4.68 Å². The quantitative estimate of drug-likeness (QED) is 0.803. The first-order valence-electron chi connectivity index (χ1n) is 8.24. The summed E-state index contributed by atoms with van der Waals surface area (Å²) in [6.07, 6.45) is 2.59. The molecule has 0 aliphatic rings. The van der Waals surface area contributed by atoms with Crippen LogP contribution in [0.15, 0.2) is 30.5 Å². The van der Waals surface area contributed by atoms with E-state index >= 15 is 0 Å². The number of halogens is 1. The first kappa shape index (κ1) is 18.5. The largest absolute Gasteiger partial charge is 0.391 e. The summed E-state index contributed by atoms with van der Waals surface area (Å²) in [6, 6.07) is 7.36. The second kappa shape index (κ2) is 8.31. The van der Waals surface area contributed by atoms with Gasteiger partial charge < -0.3 is 10.4 Å². The second-order valence-corrected chi connectivity index (χ2v) is 6.58. The van der Waals surface area contributed by atoms with Gasteiger partial charge in [0.05, 0.1) is 29.2 Å². The van der Waals surface area contributed by atoms with Crippen LogP contribution in [-0.4, -0.2) is 33.4 Å². The Balaban J connectivity index is 2.27. The van der Waals surface area contributed by atoms with Gasteiger partial charge >= 0.3 is 0 Å². The van der Waals surface area contributed by atoms with Crippen molar-refractivity contribution in [2.24, 2.45) is 0 Å². The van der Waals surface area contributed by atoms with Crippen LogP contribution in [0, 0.1) is 0 Å². The molecule has 1 amide bonds. The zero-order valence-corrected chi connectivity index (χ0v) is 15.0. The van der Waals surface area contributed by atoms with E-state index in [1.165, 1.54) is 0 Å². The minimum absolute atomic E-state index is 0.104. The van der Waals surface area contributed by atoms with E-state index in [2.05, 4.69) is 10.4 Å². The smallest absolute Gasteiger partial charge is 0.254 e. The molecule has 0 aliphatic heterocycles. The van der Waals surface area contributed by atoms with Gasteiger partial charge in [-0.2, -0.15) is 5.10 Å². The third kappa shape index (κ3) is 4.36. The summed E-state index contributed by atoms with van der Waals surface area (Å²) in [4.78, 5) is 12.5. The molecule has 0 radical (unpaired) electrons. The van der Waals surface area contributed by atoms with Crippen LogP contribution in [0.4, 0.5) is 0 Å². The van der Waals surface area contributed by atoms with Gasteiger partial charge in [0.1, 0.15) is 0 Å². The minimum atomic E-state index is -0.524. The van der Waals surface area contributed by atoms with Crippen LogP contribution in [0.1, 0.15) is 55.6 Å². The number of carbonyl (C=O) groups is 1. The molecule has 0 aliphatic carbocycles. The average Bonchev–Trinajstić information content (AvgIpc) is 2.98. The maximum atomic E-state index is 12.5. The van der Waals surface area contributed by atoms with E-state index in [0.717, 1.165) is 17.8 Å². The van der Waals surface area contributed by atoms with Gasteiger partial charge in [0, 0.05) is 11.6 Å². The zero-order valence-electron chi connectivity index (χ0n) is 14.3. The van der Waals surface area contributed by atoms with Gasteiger partial charge in [-0.3, -0.25) is 4.79 Å². The summed E-state index contributed by atoms with van der Waals surface area (Å²) in [5.41, 5.74) is 2.16. The highest BCUT2D eigenvalue weighted by Crippen LogP contribution is 2.24. The van der Waals surface area contributed by atoms with Gasteiger partial charge in [0.2, 0.25) is 0 Å². The molecule has 1 aromatic carbocycles.